The number of benzene rings is 1. The van der Waals surface area contributed by atoms with Crippen molar-refractivity contribution in [3.05, 3.63) is 58.6 Å². The fourth-order valence-corrected chi connectivity index (χ4v) is 2.95. The van der Waals surface area contributed by atoms with Crippen LogP contribution in [0.15, 0.2) is 58.0 Å². The number of rotatable bonds is 2. The summed E-state index contributed by atoms with van der Waals surface area (Å²) < 4.78 is 0.982. The first-order valence-electron chi connectivity index (χ1n) is 6.18. The number of hydrogen-bond acceptors (Lipinski definition) is 2. The quantitative estimate of drug-likeness (QED) is 0.770. The molecule has 1 aliphatic heterocycles. The van der Waals surface area contributed by atoms with Gasteiger partial charge in [0, 0.05) is 4.47 Å². The third-order valence-electron chi connectivity index (χ3n) is 3.22. The third kappa shape index (κ3) is 2.51. The van der Waals surface area contributed by atoms with Crippen LogP contribution >= 0.6 is 28.1 Å². The van der Waals surface area contributed by atoms with Crippen LogP contribution in [0.2, 0.25) is 0 Å². The van der Waals surface area contributed by atoms with Crippen LogP contribution < -0.4 is 0 Å². The predicted octanol–water partition coefficient (Wildman–Crippen LogP) is 3.26. The summed E-state index contributed by atoms with van der Waals surface area (Å²) >= 11 is 8.68. The summed E-state index contributed by atoms with van der Waals surface area (Å²) in [4.78, 5) is 18.4. The van der Waals surface area contributed by atoms with Gasteiger partial charge < -0.3 is 0 Å². The molecular formula is C15H11BrN2OS. The number of carbonyl (C=O) groups excluding carboxylic acids is 1. The van der Waals surface area contributed by atoms with Crippen molar-refractivity contribution in [2.24, 2.45) is 10.9 Å². The Hall–Kier alpha value is -1.59. The first-order chi connectivity index (χ1) is 9.65. The molecule has 0 N–H and O–H groups in total. The van der Waals surface area contributed by atoms with Crippen molar-refractivity contribution >= 4 is 44.9 Å². The lowest BCUT2D eigenvalue weighted by Gasteiger charge is -2.30. The Morgan fingerprint density at radius 3 is 3.00 bits per heavy atom. The summed E-state index contributed by atoms with van der Waals surface area (Å²) in [5, 5.41) is 0.334. The van der Waals surface area contributed by atoms with Gasteiger partial charge in [0.25, 0.3) is 0 Å². The third-order valence-corrected chi connectivity index (χ3v) is 4.02. The van der Waals surface area contributed by atoms with Crippen LogP contribution in [-0.4, -0.2) is 21.6 Å². The highest BCUT2D eigenvalue weighted by molar-refractivity contribution is 9.10. The van der Waals surface area contributed by atoms with Gasteiger partial charge in [-0.3, -0.25) is 9.69 Å². The number of aliphatic imine (C=N–C) groups is 1. The molecule has 3 nitrogen and oxygen atoms in total. The van der Waals surface area contributed by atoms with Gasteiger partial charge in [-0.2, -0.15) is 0 Å². The number of allylic oxidation sites excluding steroid dienone is 3. The number of fused-ring (bicyclic) bond motifs is 1. The standard InChI is InChI=1S/C15H11BrN2OS/c16-11-5-3-4-10(8-11)9-18-14(19)12-6-1-2-7-13(12)17-15(18)20/h1-8,12H,9H2. The molecule has 100 valence electrons. The summed E-state index contributed by atoms with van der Waals surface area (Å²) in [5.41, 5.74) is 1.75. The van der Waals surface area contributed by atoms with Crippen molar-refractivity contribution in [3.63, 3.8) is 0 Å². The van der Waals surface area contributed by atoms with Gasteiger partial charge in [0.15, 0.2) is 0 Å². The van der Waals surface area contributed by atoms with E-state index in [2.05, 4.69) is 20.9 Å². The zero-order valence-corrected chi connectivity index (χ0v) is 12.9. The second kappa shape index (κ2) is 5.42. The molecule has 3 rings (SSSR count). The maximum atomic E-state index is 12.5. The fourth-order valence-electron chi connectivity index (χ4n) is 2.24. The summed E-state index contributed by atoms with van der Waals surface area (Å²) in [6.07, 6.45) is 7.44. The van der Waals surface area contributed by atoms with E-state index in [-0.39, 0.29) is 11.8 Å². The van der Waals surface area contributed by atoms with Crippen LogP contribution in [0.25, 0.3) is 0 Å². The topological polar surface area (TPSA) is 32.7 Å². The second-order valence-electron chi connectivity index (χ2n) is 4.60. The van der Waals surface area contributed by atoms with Crippen LogP contribution in [0, 0.1) is 5.92 Å². The van der Waals surface area contributed by atoms with Crippen LogP contribution in [-0.2, 0) is 11.3 Å². The van der Waals surface area contributed by atoms with Gasteiger partial charge in [-0.15, -0.1) is 0 Å². The van der Waals surface area contributed by atoms with Crippen molar-refractivity contribution in [1.29, 1.82) is 0 Å². The summed E-state index contributed by atoms with van der Waals surface area (Å²) in [5.74, 6) is -0.320. The monoisotopic (exact) mass is 346 g/mol. The Balaban J connectivity index is 1.89. The molecule has 1 aromatic carbocycles. The van der Waals surface area contributed by atoms with Gasteiger partial charge >= 0.3 is 0 Å². The Labute approximate surface area is 130 Å². The van der Waals surface area contributed by atoms with Gasteiger partial charge in [-0.1, -0.05) is 46.3 Å². The lowest BCUT2D eigenvalue weighted by atomic mass is 9.95. The predicted molar refractivity (Wildman–Crippen MR) is 86.5 cm³/mol. The van der Waals surface area contributed by atoms with Crippen molar-refractivity contribution in [1.82, 2.24) is 4.90 Å². The Morgan fingerprint density at radius 1 is 1.35 bits per heavy atom. The number of halogens is 1. The van der Waals surface area contributed by atoms with Crippen molar-refractivity contribution in [2.45, 2.75) is 6.54 Å². The average molecular weight is 347 g/mol. The van der Waals surface area contributed by atoms with Gasteiger partial charge in [0.1, 0.15) is 0 Å². The molecule has 1 aliphatic carbocycles. The molecule has 1 heterocycles. The molecule has 2 aliphatic rings. The Kier molecular flexibility index (Phi) is 3.63. The van der Waals surface area contributed by atoms with Crippen molar-refractivity contribution in [2.75, 3.05) is 0 Å². The minimum Gasteiger partial charge on any atom is -0.282 e. The van der Waals surface area contributed by atoms with E-state index >= 15 is 0 Å². The average Bonchev–Trinajstić information content (AvgIpc) is 2.43. The Bertz CT molecular complexity index is 678. The maximum absolute atomic E-state index is 12.5. The molecule has 1 aromatic rings. The number of carbonyl (C=O) groups is 1. The molecule has 0 saturated heterocycles. The lowest BCUT2D eigenvalue weighted by molar-refractivity contribution is -0.128. The SMILES string of the molecule is O=C1C2C=CC=CC2=NC(=S)N1Cc1cccc(Br)c1. The normalized spacial score (nSPS) is 20.9. The lowest BCUT2D eigenvalue weighted by Crippen LogP contribution is -2.45. The molecule has 20 heavy (non-hydrogen) atoms. The highest BCUT2D eigenvalue weighted by Crippen LogP contribution is 2.22. The first kappa shape index (κ1) is 13.4. The largest absolute Gasteiger partial charge is 0.282 e. The van der Waals surface area contributed by atoms with Gasteiger partial charge in [-0.05, 0) is 36.0 Å². The van der Waals surface area contributed by atoms with Gasteiger partial charge in [-0.25, -0.2) is 4.99 Å². The zero-order valence-electron chi connectivity index (χ0n) is 10.5. The molecule has 0 radical (unpaired) electrons. The molecule has 5 heteroatoms. The smallest absolute Gasteiger partial charge is 0.242 e. The highest BCUT2D eigenvalue weighted by Gasteiger charge is 2.33. The van der Waals surface area contributed by atoms with Crippen LogP contribution in [0.4, 0.5) is 0 Å². The van der Waals surface area contributed by atoms with E-state index in [0.717, 1.165) is 15.7 Å². The van der Waals surface area contributed by atoms with Crippen molar-refractivity contribution < 1.29 is 4.79 Å². The maximum Gasteiger partial charge on any atom is 0.242 e. The van der Waals surface area contributed by atoms with E-state index in [4.69, 9.17) is 12.2 Å². The van der Waals surface area contributed by atoms with Crippen LogP contribution in [0.1, 0.15) is 5.56 Å². The number of thiocarbonyl (C=S) groups is 1. The number of hydrogen-bond donors (Lipinski definition) is 0. The second-order valence-corrected chi connectivity index (χ2v) is 5.88. The molecule has 0 saturated carbocycles. The number of nitrogens with zero attached hydrogens (tertiary/aromatic N) is 2. The molecule has 1 amide bonds. The molecular weight excluding hydrogens is 336 g/mol. The first-order valence-corrected chi connectivity index (χ1v) is 7.38. The zero-order chi connectivity index (χ0) is 14.1. The minimum atomic E-state index is -0.307. The van der Waals surface area contributed by atoms with E-state index in [1.807, 2.05) is 48.6 Å². The minimum absolute atomic E-state index is 0.0134. The summed E-state index contributed by atoms with van der Waals surface area (Å²) in [6, 6.07) is 7.84. The molecule has 1 unspecified atom stereocenters. The van der Waals surface area contributed by atoms with E-state index in [0.29, 0.717) is 11.7 Å². The van der Waals surface area contributed by atoms with Gasteiger partial charge in [0.2, 0.25) is 11.0 Å². The van der Waals surface area contributed by atoms with E-state index in [1.54, 1.807) is 4.90 Å². The molecule has 0 bridgehead atoms. The fraction of sp³-hybridized carbons (Fsp3) is 0.133. The van der Waals surface area contributed by atoms with E-state index in [9.17, 15) is 4.79 Å². The number of amides is 1. The summed E-state index contributed by atoms with van der Waals surface area (Å²) in [7, 11) is 0. The van der Waals surface area contributed by atoms with Crippen molar-refractivity contribution in [3.8, 4) is 0 Å². The summed E-state index contributed by atoms with van der Waals surface area (Å²) in [6.45, 7) is 0.446. The molecule has 0 fully saturated rings. The molecule has 0 spiro atoms. The van der Waals surface area contributed by atoms with Crippen LogP contribution in [0.3, 0.4) is 0 Å². The highest BCUT2D eigenvalue weighted by atomic mass is 79.9. The van der Waals surface area contributed by atoms with E-state index < -0.39 is 0 Å². The molecule has 1 atom stereocenters. The van der Waals surface area contributed by atoms with Gasteiger partial charge in [0.05, 0.1) is 18.2 Å². The Morgan fingerprint density at radius 2 is 2.20 bits per heavy atom. The van der Waals surface area contributed by atoms with Crippen LogP contribution in [0.5, 0.6) is 0 Å². The molecule has 0 aromatic heterocycles. The van der Waals surface area contributed by atoms with E-state index in [1.165, 1.54) is 0 Å².